The molecule has 3 heteroatoms. The van der Waals surface area contributed by atoms with E-state index in [1.807, 2.05) is 0 Å². The molecule has 3 aliphatic heterocycles. The quantitative estimate of drug-likeness (QED) is 0.700. The molecule has 3 fully saturated rings. The maximum Gasteiger partial charge on any atom is 0.0643 e. The summed E-state index contributed by atoms with van der Waals surface area (Å²) in [4.78, 5) is 2.68. The van der Waals surface area contributed by atoms with Gasteiger partial charge in [0.1, 0.15) is 0 Å². The number of nitrogens with zero attached hydrogens (tertiary/aromatic N) is 1. The Hall–Kier alpha value is -0.120. The van der Waals surface area contributed by atoms with E-state index in [1.54, 1.807) is 0 Å². The second-order valence-electron chi connectivity index (χ2n) is 4.90. The summed E-state index contributed by atoms with van der Waals surface area (Å²) in [7, 11) is 0. The number of nitrogens with one attached hydrogen (secondary N) is 1. The highest BCUT2D eigenvalue weighted by atomic mass is 16.5. The minimum absolute atomic E-state index is 0.655. The molecular weight excluding hydrogens is 176 g/mol. The molecule has 80 valence electrons. The summed E-state index contributed by atoms with van der Waals surface area (Å²) in [6, 6.07) is 2.25. The number of hydrogen-bond donors (Lipinski definition) is 1. The van der Waals surface area contributed by atoms with E-state index in [-0.39, 0.29) is 0 Å². The van der Waals surface area contributed by atoms with Crippen molar-refractivity contribution in [3.05, 3.63) is 0 Å². The second kappa shape index (κ2) is 3.80. The van der Waals surface area contributed by atoms with Gasteiger partial charge in [0, 0.05) is 18.6 Å². The van der Waals surface area contributed by atoms with E-state index in [9.17, 15) is 0 Å². The van der Waals surface area contributed by atoms with E-state index in [0.717, 1.165) is 25.3 Å². The Balaban J connectivity index is 1.57. The summed E-state index contributed by atoms with van der Waals surface area (Å²) >= 11 is 0. The molecule has 3 aliphatic rings. The van der Waals surface area contributed by atoms with Crippen molar-refractivity contribution in [2.75, 3.05) is 26.3 Å². The number of piperidine rings is 1. The minimum Gasteiger partial charge on any atom is -0.378 e. The van der Waals surface area contributed by atoms with Gasteiger partial charge in [-0.1, -0.05) is 6.42 Å². The zero-order chi connectivity index (χ0) is 9.38. The summed E-state index contributed by atoms with van der Waals surface area (Å²) in [5.74, 6) is 0. The van der Waals surface area contributed by atoms with Gasteiger partial charge < -0.3 is 10.1 Å². The monoisotopic (exact) mass is 196 g/mol. The van der Waals surface area contributed by atoms with E-state index < -0.39 is 0 Å². The summed E-state index contributed by atoms with van der Waals surface area (Å²) < 4.78 is 5.21. The molecule has 3 saturated heterocycles. The molecule has 0 aromatic heterocycles. The summed E-state index contributed by atoms with van der Waals surface area (Å²) in [6.45, 7) is 4.52. The average Bonchev–Trinajstić information content (AvgIpc) is 2.55. The first-order valence-electron chi connectivity index (χ1n) is 6.01. The molecule has 0 aromatic rings. The van der Waals surface area contributed by atoms with Gasteiger partial charge in [-0.3, -0.25) is 4.90 Å². The predicted molar refractivity (Wildman–Crippen MR) is 55.4 cm³/mol. The van der Waals surface area contributed by atoms with E-state index in [1.165, 1.54) is 38.8 Å². The van der Waals surface area contributed by atoms with Crippen LogP contribution in [0.3, 0.4) is 0 Å². The van der Waals surface area contributed by atoms with Crippen LogP contribution in [-0.2, 0) is 4.74 Å². The maximum absolute atomic E-state index is 5.21. The Labute approximate surface area is 85.8 Å². The molecule has 3 rings (SSSR count). The van der Waals surface area contributed by atoms with Gasteiger partial charge in [-0.2, -0.15) is 0 Å². The lowest BCUT2D eigenvalue weighted by molar-refractivity contribution is -0.0126. The third-order valence-corrected chi connectivity index (χ3v) is 3.94. The fourth-order valence-corrected chi connectivity index (χ4v) is 3.08. The van der Waals surface area contributed by atoms with Crippen molar-refractivity contribution in [3.8, 4) is 0 Å². The topological polar surface area (TPSA) is 24.5 Å². The first-order valence-corrected chi connectivity index (χ1v) is 6.01. The summed E-state index contributed by atoms with van der Waals surface area (Å²) in [5, 5.41) is 3.75. The van der Waals surface area contributed by atoms with Crippen LogP contribution < -0.4 is 5.32 Å². The van der Waals surface area contributed by atoms with Crippen molar-refractivity contribution in [3.63, 3.8) is 0 Å². The molecule has 2 atom stereocenters. The van der Waals surface area contributed by atoms with Crippen LogP contribution in [0.1, 0.15) is 25.7 Å². The molecule has 3 nitrogen and oxygen atoms in total. The Morgan fingerprint density at radius 1 is 1.07 bits per heavy atom. The number of fused-ring (bicyclic) bond motifs is 1. The van der Waals surface area contributed by atoms with E-state index in [0.29, 0.717) is 6.04 Å². The third kappa shape index (κ3) is 1.58. The van der Waals surface area contributed by atoms with Gasteiger partial charge in [-0.15, -0.1) is 0 Å². The molecule has 3 heterocycles. The number of hydrogen-bond acceptors (Lipinski definition) is 3. The minimum atomic E-state index is 0.655. The molecule has 0 spiro atoms. The normalized spacial score (nSPS) is 39.4. The van der Waals surface area contributed by atoms with Gasteiger partial charge in [0.05, 0.1) is 19.3 Å². The van der Waals surface area contributed by atoms with Crippen LogP contribution in [0, 0.1) is 0 Å². The van der Waals surface area contributed by atoms with Gasteiger partial charge in [-0.05, 0) is 25.8 Å². The van der Waals surface area contributed by atoms with E-state index >= 15 is 0 Å². The maximum atomic E-state index is 5.21. The molecule has 0 radical (unpaired) electrons. The van der Waals surface area contributed by atoms with Crippen LogP contribution in [0.4, 0.5) is 0 Å². The predicted octanol–water partition coefficient (Wildman–Crippen LogP) is 0.602. The highest BCUT2D eigenvalue weighted by molar-refractivity contribution is 4.96. The summed E-state index contributed by atoms with van der Waals surface area (Å²) in [6.07, 6.45) is 5.60. The van der Waals surface area contributed by atoms with Gasteiger partial charge in [0.25, 0.3) is 0 Å². The molecule has 0 amide bonds. The fourth-order valence-electron chi connectivity index (χ4n) is 3.08. The van der Waals surface area contributed by atoms with E-state index in [2.05, 4.69) is 10.2 Å². The molecule has 14 heavy (non-hydrogen) atoms. The molecule has 0 bridgehead atoms. The highest BCUT2D eigenvalue weighted by Crippen LogP contribution is 2.27. The Morgan fingerprint density at radius 3 is 2.79 bits per heavy atom. The van der Waals surface area contributed by atoms with Crippen molar-refractivity contribution in [1.82, 2.24) is 10.2 Å². The van der Waals surface area contributed by atoms with Crippen LogP contribution in [0.2, 0.25) is 0 Å². The lowest BCUT2D eigenvalue weighted by Crippen LogP contribution is -2.54. The first kappa shape index (κ1) is 9.13. The smallest absolute Gasteiger partial charge is 0.0643 e. The largest absolute Gasteiger partial charge is 0.378 e. The van der Waals surface area contributed by atoms with Crippen LogP contribution in [0.25, 0.3) is 0 Å². The SMILES string of the molecule is C1CCN2CCC(NC3COC3)C2C1. The fraction of sp³-hybridized carbons (Fsp3) is 1.00. The van der Waals surface area contributed by atoms with Crippen LogP contribution in [0.5, 0.6) is 0 Å². The van der Waals surface area contributed by atoms with Gasteiger partial charge in [0.2, 0.25) is 0 Å². The lowest BCUT2D eigenvalue weighted by Gasteiger charge is -2.36. The van der Waals surface area contributed by atoms with E-state index in [4.69, 9.17) is 4.74 Å². The van der Waals surface area contributed by atoms with Crippen LogP contribution in [-0.4, -0.2) is 49.3 Å². The summed E-state index contributed by atoms with van der Waals surface area (Å²) in [5.41, 5.74) is 0. The molecule has 0 saturated carbocycles. The van der Waals surface area contributed by atoms with Crippen LogP contribution >= 0.6 is 0 Å². The van der Waals surface area contributed by atoms with Crippen molar-refractivity contribution < 1.29 is 4.74 Å². The zero-order valence-corrected chi connectivity index (χ0v) is 8.74. The van der Waals surface area contributed by atoms with Crippen molar-refractivity contribution in [2.24, 2.45) is 0 Å². The average molecular weight is 196 g/mol. The van der Waals surface area contributed by atoms with Crippen molar-refractivity contribution >= 4 is 0 Å². The molecule has 2 unspecified atom stereocenters. The van der Waals surface area contributed by atoms with Crippen LogP contribution in [0.15, 0.2) is 0 Å². The van der Waals surface area contributed by atoms with Gasteiger partial charge >= 0.3 is 0 Å². The first-order chi connectivity index (χ1) is 6.93. The van der Waals surface area contributed by atoms with Gasteiger partial charge in [0.15, 0.2) is 0 Å². The third-order valence-electron chi connectivity index (χ3n) is 3.94. The lowest BCUT2D eigenvalue weighted by atomic mass is 9.98. The van der Waals surface area contributed by atoms with Gasteiger partial charge in [-0.25, -0.2) is 0 Å². The second-order valence-corrected chi connectivity index (χ2v) is 4.90. The highest BCUT2D eigenvalue weighted by Gasteiger charge is 2.37. The molecule has 0 aromatic carbocycles. The van der Waals surface area contributed by atoms with Crippen molar-refractivity contribution in [2.45, 2.75) is 43.8 Å². The number of ether oxygens (including phenoxy) is 1. The zero-order valence-electron chi connectivity index (χ0n) is 8.74. The van der Waals surface area contributed by atoms with Crippen molar-refractivity contribution in [1.29, 1.82) is 0 Å². The number of rotatable bonds is 2. The Kier molecular flexibility index (Phi) is 2.48. The molecule has 0 aliphatic carbocycles. The molecular formula is C11H20N2O. The molecule has 1 N–H and O–H groups in total. The Bertz CT molecular complexity index is 205. The standard InChI is InChI=1S/C11H20N2O/c1-2-5-13-6-4-10(11(13)3-1)12-9-7-14-8-9/h9-12H,1-8H2. The Morgan fingerprint density at radius 2 is 2.00 bits per heavy atom.